The third-order valence-electron chi connectivity index (χ3n) is 4.63. The first kappa shape index (κ1) is 20.2. The molecule has 0 fully saturated rings. The lowest BCUT2D eigenvalue weighted by Gasteiger charge is -2.13. The average molecular weight is 384 g/mol. The van der Waals surface area contributed by atoms with Gasteiger partial charge in [-0.05, 0) is 72.0 Å². The third kappa shape index (κ3) is 4.64. The average Bonchev–Trinajstić information content (AvgIpc) is 2.74. The summed E-state index contributed by atoms with van der Waals surface area (Å²) in [4.78, 5) is 11.7. The van der Waals surface area contributed by atoms with E-state index in [4.69, 9.17) is 9.47 Å². The largest absolute Gasteiger partial charge is 0.497 e. The van der Waals surface area contributed by atoms with Gasteiger partial charge in [-0.1, -0.05) is 55.1 Å². The zero-order chi connectivity index (χ0) is 21.0. The Kier molecular flexibility index (Phi) is 5.99. The highest BCUT2D eigenvalue weighted by Gasteiger charge is 2.10. The van der Waals surface area contributed by atoms with Crippen molar-refractivity contribution in [2.45, 2.75) is 13.8 Å². The molecule has 0 aliphatic rings. The first-order chi connectivity index (χ1) is 13.9. The van der Waals surface area contributed by atoms with Crippen molar-refractivity contribution >= 4 is 11.5 Å². The van der Waals surface area contributed by atoms with E-state index in [1.54, 1.807) is 26.2 Å². The molecule has 0 aliphatic heterocycles. The van der Waals surface area contributed by atoms with Crippen LogP contribution in [0.2, 0.25) is 0 Å². The lowest BCUT2D eigenvalue weighted by Crippen LogP contribution is -2.07. The summed E-state index contributed by atoms with van der Waals surface area (Å²) < 4.78 is 10.5. The van der Waals surface area contributed by atoms with Gasteiger partial charge < -0.3 is 9.47 Å². The van der Waals surface area contributed by atoms with E-state index >= 15 is 0 Å². The summed E-state index contributed by atoms with van der Waals surface area (Å²) in [6.07, 6.45) is 0. The topological polar surface area (TPSA) is 35.5 Å². The van der Waals surface area contributed by atoms with Gasteiger partial charge in [-0.15, -0.1) is 0 Å². The molecular weight excluding hydrogens is 360 g/mol. The molecule has 0 saturated heterocycles. The first-order valence-electron chi connectivity index (χ1n) is 9.31. The number of ether oxygens (including phenoxy) is 2. The second-order valence-corrected chi connectivity index (χ2v) is 6.96. The summed E-state index contributed by atoms with van der Waals surface area (Å²) in [6, 6.07) is 21.8. The van der Waals surface area contributed by atoms with Crippen LogP contribution in [0, 0.1) is 0 Å². The molecule has 146 valence electrons. The van der Waals surface area contributed by atoms with Gasteiger partial charge in [0.2, 0.25) is 0 Å². The van der Waals surface area contributed by atoms with Crippen LogP contribution in [0.4, 0.5) is 0 Å². The van der Waals surface area contributed by atoms with Crippen molar-refractivity contribution in [2.24, 2.45) is 0 Å². The molecule has 3 rings (SSSR count). The molecule has 0 heterocycles. The summed E-state index contributed by atoms with van der Waals surface area (Å²) in [7, 11) is 1.66. The van der Waals surface area contributed by atoms with Crippen LogP contribution in [0.25, 0.3) is 27.8 Å². The fourth-order valence-corrected chi connectivity index (χ4v) is 3.01. The van der Waals surface area contributed by atoms with Crippen LogP contribution in [-0.2, 0) is 4.79 Å². The number of carbonyl (C=O) groups excluding carboxylic acids is 1. The lowest BCUT2D eigenvalue weighted by atomic mass is 9.92. The summed E-state index contributed by atoms with van der Waals surface area (Å²) in [5, 5.41) is 0. The van der Waals surface area contributed by atoms with E-state index in [1.165, 1.54) is 0 Å². The van der Waals surface area contributed by atoms with Crippen LogP contribution in [-0.4, -0.2) is 13.1 Å². The van der Waals surface area contributed by atoms with Gasteiger partial charge in [0.1, 0.15) is 11.5 Å². The van der Waals surface area contributed by atoms with Crippen molar-refractivity contribution in [2.75, 3.05) is 7.11 Å². The van der Waals surface area contributed by atoms with Crippen LogP contribution >= 0.6 is 0 Å². The van der Waals surface area contributed by atoms with E-state index in [9.17, 15) is 4.79 Å². The second-order valence-electron chi connectivity index (χ2n) is 6.96. The van der Waals surface area contributed by atoms with Crippen LogP contribution < -0.4 is 9.47 Å². The Morgan fingerprint density at radius 1 is 0.759 bits per heavy atom. The molecule has 3 aromatic carbocycles. The molecule has 0 aromatic heterocycles. The molecule has 0 atom stereocenters. The number of benzene rings is 3. The van der Waals surface area contributed by atoms with E-state index in [-0.39, 0.29) is 0 Å². The van der Waals surface area contributed by atoms with E-state index in [0.717, 1.165) is 39.1 Å². The van der Waals surface area contributed by atoms with Crippen molar-refractivity contribution < 1.29 is 14.3 Å². The van der Waals surface area contributed by atoms with E-state index in [0.29, 0.717) is 11.3 Å². The summed E-state index contributed by atoms with van der Waals surface area (Å²) >= 11 is 0. The number of methoxy groups -OCH3 is 1. The molecule has 0 radical (unpaired) electrons. The van der Waals surface area contributed by atoms with Crippen molar-refractivity contribution in [3.8, 4) is 33.8 Å². The summed E-state index contributed by atoms with van der Waals surface area (Å²) in [5.41, 5.74) is 6.78. The van der Waals surface area contributed by atoms with Crippen LogP contribution in [0.15, 0.2) is 85.5 Å². The molecule has 0 amide bonds. The number of allylic oxidation sites excluding steroid dienone is 1. The first-order valence-corrected chi connectivity index (χ1v) is 9.31. The minimum Gasteiger partial charge on any atom is -0.497 e. The molecule has 0 spiro atoms. The zero-order valence-electron chi connectivity index (χ0n) is 17.0. The molecule has 3 heteroatoms. The van der Waals surface area contributed by atoms with E-state index in [1.807, 2.05) is 43.3 Å². The van der Waals surface area contributed by atoms with Gasteiger partial charge in [-0.2, -0.15) is 0 Å². The monoisotopic (exact) mass is 384 g/mol. The quantitative estimate of drug-likeness (QED) is 0.275. The highest BCUT2D eigenvalue weighted by molar-refractivity contribution is 5.89. The minimum absolute atomic E-state index is 0.370. The van der Waals surface area contributed by atoms with Crippen LogP contribution in [0.5, 0.6) is 11.5 Å². The number of rotatable bonds is 6. The third-order valence-corrected chi connectivity index (χ3v) is 4.63. The summed E-state index contributed by atoms with van der Waals surface area (Å²) in [5.74, 6) is 0.901. The highest BCUT2D eigenvalue weighted by Crippen LogP contribution is 2.33. The van der Waals surface area contributed by atoms with Gasteiger partial charge in [-0.25, -0.2) is 4.79 Å². The fourth-order valence-electron chi connectivity index (χ4n) is 3.01. The maximum atomic E-state index is 11.7. The number of hydrogen-bond donors (Lipinski definition) is 0. The lowest BCUT2D eigenvalue weighted by molar-refractivity contribution is -0.130. The maximum absolute atomic E-state index is 11.7. The standard InChI is InChI=1S/C26H24O3/c1-17(2)25-16-21(10-15-24(25)20-8-11-22(28-5)12-9-20)19-6-13-23(14-7-19)29-26(27)18(3)4/h6-16H,1,3H2,2,4-5H3. The van der Waals surface area contributed by atoms with E-state index in [2.05, 4.69) is 31.4 Å². The second kappa shape index (κ2) is 8.61. The normalized spacial score (nSPS) is 10.3. The van der Waals surface area contributed by atoms with Crippen LogP contribution in [0.3, 0.4) is 0 Å². The van der Waals surface area contributed by atoms with Crippen LogP contribution in [0.1, 0.15) is 19.4 Å². The fraction of sp³-hybridized carbons (Fsp3) is 0.115. The van der Waals surface area contributed by atoms with Gasteiger partial charge >= 0.3 is 5.97 Å². The van der Waals surface area contributed by atoms with Gasteiger partial charge in [0.15, 0.2) is 0 Å². The van der Waals surface area contributed by atoms with Gasteiger partial charge in [0.05, 0.1) is 7.11 Å². The predicted molar refractivity (Wildman–Crippen MR) is 119 cm³/mol. The van der Waals surface area contributed by atoms with Crippen molar-refractivity contribution in [3.63, 3.8) is 0 Å². The van der Waals surface area contributed by atoms with Gasteiger partial charge in [0, 0.05) is 5.57 Å². The number of hydrogen-bond acceptors (Lipinski definition) is 3. The molecule has 3 aromatic rings. The van der Waals surface area contributed by atoms with Crippen molar-refractivity contribution in [1.82, 2.24) is 0 Å². The Bertz CT molecular complexity index is 1060. The Hall–Kier alpha value is -3.59. The highest BCUT2D eigenvalue weighted by atomic mass is 16.5. The van der Waals surface area contributed by atoms with Gasteiger partial charge in [-0.3, -0.25) is 0 Å². The van der Waals surface area contributed by atoms with Gasteiger partial charge in [0.25, 0.3) is 0 Å². The zero-order valence-corrected chi connectivity index (χ0v) is 17.0. The molecule has 0 bridgehead atoms. The number of carbonyl (C=O) groups is 1. The molecule has 0 saturated carbocycles. The molecule has 29 heavy (non-hydrogen) atoms. The number of esters is 1. The SMILES string of the molecule is C=C(C)C(=O)Oc1ccc(-c2ccc(-c3ccc(OC)cc3)c(C(=C)C)c2)cc1. The molecule has 0 unspecified atom stereocenters. The molecule has 0 aliphatic carbocycles. The maximum Gasteiger partial charge on any atom is 0.338 e. The molecule has 0 N–H and O–H groups in total. The Morgan fingerprint density at radius 2 is 1.31 bits per heavy atom. The summed E-state index contributed by atoms with van der Waals surface area (Å²) in [6.45, 7) is 11.4. The molecule has 3 nitrogen and oxygen atoms in total. The Labute approximate surface area is 171 Å². The van der Waals surface area contributed by atoms with E-state index < -0.39 is 5.97 Å². The van der Waals surface area contributed by atoms with Crippen molar-refractivity contribution in [3.05, 3.63) is 91.0 Å². The Balaban J connectivity index is 1.92. The minimum atomic E-state index is -0.425. The predicted octanol–water partition coefficient (Wildman–Crippen LogP) is 6.54. The van der Waals surface area contributed by atoms with Crippen molar-refractivity contribution in [1.29, 1.82) is 0 Å². The molecular formula is C26H24O3. The smallest absolute Gasteiger partial charge is 0.338 e. The Morgan fingerprint density at radius 3 is 1.86 bits per heavy atom.